The van der Waals surface area contributed by atoms with Gasteiger partial charge < -0.3 is 0 Å². The molecule has 0 saturated heterocycles. The standard InChI is InChI=1S/C10H9F3N2O/c1-14-7-4-2-3-5-8(7)15(9(14)16)6-10(11,12)13/h2-5H,6H2,1H3. The van der Waals surface area contributed by atoms with Crippen molar-refractivity contribution < 1.29 is 13.2 Å². The highest BCUT2D eigenvalue weighted by Crippen LogP contribution is 2.20. The summed E-state index contributed by atoms with van der Waals surface area (Å²) in [5.41, 5.74) is 0.141. The van der Waals surface area contributed by atoms with E-state index in [0.717, 1.165) is 4.57 Å². The Morgan fingerprint density at radius 1 is 1.19 bits per heavy atom. The Bertz CT molecular complexity index is 580. The van der Waals surface area contributed by atoms with Crippen molar-refractivity contribution >= 4 is 11.0 Å². The van der Waals surface area contributed by atoms with Gasteiger partial charge in [0, 0.05) is 7.05 Å². The number of hydrogen-bond donors (Lipinski definition) is 0. The van der Waals surface area contributed by atoms with E-state index >= 15 is 0 Å². The maximum atomic E-state index is 12.3. The molecule has 16 heavy (non-hydrogen) atoms. The first-order chi connectivity index (χ1) is 7.40. The smallest absolute Gasteiger partial charge is 0.295 e. The van der Waals surface area contributed by atoms with Crippen LogP contribution in [0.3, 0.4) is 0 Å². The van der Waals surface area contributed by atoms with E-state index in [1.165, 1.54) is 17.7 Å². The molecule has 0 bridgehead atoms. The van der Waals surface area contributed by atoms with Gasteiger partial charge in [-0.1, -0.05) is 12.1 Å². The second kappa shape index (κ2) is 3.40. The van der Waals surface area contributed by atoms with Crippen LogP contribution in [0.5, 0.6) is 0 Å². The molecule has 0 amide bonds. The summed E-state index contributed by atoms with van der Waals surface area (Å²) in [4.78, 5) is 11.6. The Kier molecular flexibility index (Phi) is 2.29. The number of hydrogen-bond acceptors (Lipinski definition) is 1. The van der Waals surface area contributed by atoms with Gasteiger partial charge in [-0.15, -0.1) is 0 Å². The fraction of sp³-hybridized carbons (Fsp3) is 0.300. The van der Waals surface area contributed by atoms with Crippen molar-refractivity contribution in [1.29, 1.82) is 0 Å². The largest absolute Gasteiger partial charge is 0.406 e. The molecule has 1 heterocycles. The van der Waals surface area contributed by atoms with Crippen LogP contribution in [-0.4, -0.2) is 15.3 Å². The minimum absolute atomic E-state index is 0.298. The van der Waals surface area contributed by atoms with Gasteiger partial charge in [-0.05, 0) is 12.1 Å². The molecule has 2 rings (SSSR count). The van der Waals surface area contributed by atoms with Crippen molar-refractivity contribution in [1.82, 2.24) is 9.13 Å². The van der Waals surface area contributed by atoms with Crippen LogP contribution in [0.4, 0.5) is 13.2 Å². The monoisotopic (exact) mass is 230 g/mol. The van der Waals surface area contributed by atoms with E-state index in [-0.39, 0.29) is 0 Å². The van der Waals surface area contributed by atoms with E-state index in [0.29, 0.717) is 11.0 Å². The highest BCUT2D eigenvalue weighted by atomic mass is 19.4. The van der Waals surface area contributed by atoms with E-state index in [2.05, 4.69) is 0 Å². The summed E-state index contributed by atoms with van der Waals surface area (Å²) < 4.78 is 38.8. The minimum atomic E-state index is -4.39. The van der Waals surface area contributed by atoms with Crippen molar-refractivity contribution in [3.63, 3.8) is 0 Å². The molecule has 86 valence electrons. The first-order valence-corrected chi connectivity index (χ1v) is 4.61. The summed E-state index contributed by atoms with van der Waals surface area (Å²) in [7, 11) is 1.46. The van der Waals surface area contributed by atoms with Gasteiger partial charge in [-0.3, -0.25) is 9.13 Å². The van der Waals surface area contributed by atoms with Gasteiger partial charge in [0.15, 0.2) is 0 Å². The number of halogens is 3. The van der Waals surface area contributed by atoms with Crippen molar-refractivity contribution in [2.45, 2.75) is 12.7 Å². The molecule has 0 aliphatic carbocycles. The summed E-state index contributed by atoms with van der Waals surface area (Å²) in [6, 6.07) is 6.40. The molecule has 0 aliphatic heterocycles. The van der Waals surface area contributed by atoms with Gasteiger partial charge >= 0.3 is 11.9 Å². The molecule has 2 aromatic rings. The normalized spacial score (nSPS) is 12.2. The van der Waals surface area contributed by atoms with Crippen molar-refractivity contribution in [2.24, 2.45) is 7.05 Å². The number of aryl methyl sites for hydroxylation is 1. The Labute approximate surface area is 88.7 Å². The zero-order chi connectivity index (χ0) is 11.9. The Balaban J connectivity index is 2.70. The third kappa shape index (κ3) is 1.70. The highest BCUT2D eigenvalue weighted by molar-refractivity contribution is 5.75. The van der Waals surface area contributed by atoms with Crippen LogP contribution in [0, 0.1) is 0 Å². The van der Waals surface area contributed by atoms with Crippen LogP contribution in [0.2, 0.25) is 0 Å². The lowest BCUT2D eigenvalue weighted by Crippen LogP contribution is -2.28. The lowest BCUT2D eigenvalue weighted by Gasteiger charge is -2.06. The molecule has 0 spiro atoms. The Morgan fingerprint density at radius 2 is 1.75 bits per heavy atom. The maximum Gasteiger partial charge on any atom is 0.406 e. The van der Waals surface area contributed by atoms with Gasteiger partial charge in [-0.2, -0.15) is 13.2 Å². The van der Waals surface area contributed by atoms with Crippen LogP contribution < -0.4 is 5.69 Å². The average molecular weight is 230 g/mol. The molecule has 0 N–H and O–H groups in total. The number of para-hydroxylation sites is 2. The fourth-order valence-electron chi connectivity index (χ4n) is 1.70. The summed E-state index contributed by atoms with van der Waals surface area (Å²) in [5.74, 6) is 0. The molecule has 0 fully saturated rings. The zero-order valence-corrected chi connectivity index (χ0v) is 8.45. The van der Waals surface area contributed by atoms with Crippen LogP contribution >= 0.6 is 0 Å². The molecule has 0 unspecified atom stereocenters. The van der Waals surface area contributed by atoms with E-state index in [9.17, 15) is 18.0 Å². The predicted octanol–water partition coefficient (Wildman–Crippen LogP) is 1.90. The average Bonchev–Trinajstić information content (AvgIpc) is 2.43. The number of aromatic nitrogens is 2. The number of alkyl halides is 3. The quantitative estimate of drug-likeness (QED) is 0.735. The van der Waals surface area contributed by atoms with E-state index in [4.69, 9.17) is 0 Å². The van der Waals surface area contributed by atoms with Crippen molar-refractivity contribution in [3.05, 3.63) is 34.7 Å². The van der Waals surface area contributed by atoms with E-state index < -0.39 is 18.4 Å². The molecule has 3 nitrogen and oxygen atoms in total. The lowest BCUT2D eigenvalue weighted by molar-refractivity contribution is -0.140. The topological polar surface area (TPSA) is 26.9 Å². The SMILES string of the molecule is Cn1c(=O)n(CC(F)(F)F)c2ccccc21. The maximum absolute atomic E-state index is 12.3. The lowest BCUT2D eigenvalue weighted by atomic mass is 10.3. The number of rotatable bonds is 1. The number of benzene rings is 1. The molecule has 1 aromatic carbocycles. The third-order valence-corrected chi connectivity index (χ3v) is 2.39. The molecular weight excluding hydrogens is 221 g/mol. The molecule has 0 aliphatic rings. The van der Waals surface area contributed by atoms with Crippen molar-refractivity contribution in [3.8, 4) is 0 Å². The number of fused-ring (bicyclic) bond motifs is 1. The van der Waals surface area contributed by atoms with Gasteiger partial charge in [0.25, 0.3) is 0 Å². The van der Waals surface area contributed by atoms with Crippen LogP contribution in [0.15, 0.2) is 29.1 Å². The second-order valence-corrected chi connectivity index (χ2v) is 3.53. The fourth-order valence-corrected chi connectivity index (χ4v) is 1.70. The zero-order valence-electron chi connectivity index (χ0n) is 8.45. The molecule has 0 atom stereocenters. The molecule has 0 radical (unpaired) electrons. The van der Waals surface area contributed by atoms with E-state index in [1.54, 1.807) is 18.2 Å². The number of imidazole rings is 1. The Hall–Kier alpha value is -1.72. The van der Waals surface area contributed by atoms with Crippen LogP contribution in [-0.2, 0) is 13.6 Å². The van der Waals surface area contributed by atoms with Gasteiger partial charge in [0.05, 0.1) is 11.0 Å². The summed E-state index contributed by atoms with van der Waals surface area (Å²) in [6.07, 6.45) is -4.39. The second-order valence-electron chi connectivity index (χ2n) is 3.53. The summed E-state index contributed by atoms with van der Waals surface area (Å²) >= 11 is 0. The van der Waals surface area contributed by atoms with Crippen LogP contribution in [0.25, 0.3) is 11.0 Å². The van der Waals surface area contributed by atoms with E-state index in [1.807, 2.05) is 0 Å². The first kappa shape index (κ1) is 10.8. The van der Waals surface area contributed by atoms with Gasteiger partial charge in [0.1, 0.15) is 6.54 Å². The summed E-state index contributed by atoms with van der Waals surface area (Å²) in [5, 5.41) is 0. The van der Waals surface area contributed by atoms with Gasteiger partial charge in [-0.25, -0.2) is 4.79 Å². The summed E-state index contributed by atoms with van der Waals surface area (Å²) in [6.45, 7) is -1.26. The Morgan fingerprint density at radius 3 is 2.31 bits per heavy atom. The molecule has 1 aromatic heterocycles. The van der Waals surface area contributed by atoms with Crippen molar-refractivity contribution in [2.75, 3.05) is 0 Å². The first-order valence-electron chi connectivity index (χ1n) is 4.61. The predicted molar refractivity (Wildman–Crippen MR) is 53.2 cm³/mol. The molecular formula is C10H9F3N2O. The van der Waals surface area contributed by atoms with Gasteiger partial charge in [0.2, 0.25) is 0 Å². The minimum Gasteiger partial charge on any atom is -0.295 e. The number of nitrogens with zero attached hydrogens (tertiary/aromatic N) is 2. The molecule has 6 heteroatoms. The third-order valence-electron chi connectivity index (χ3n) is 2.39. The molecule has 0 saturated carbocycles. The highest BCUT2D eigenvalue weighted by Gasteiger charge is 2.30. The van der Waals surface area contributed by atoms with Crippen LogP contribution in [0.1, 0.15) is 0 Å².